The first-order valence-electron chi connectivity index (χ1n) is 6.90. The number of aryl methyl sites for hydroxylation is 2. The third kappa shape index (κ3) is 3.08. The van der Waals surface area contributed by atoms with Crippen LogP contribution >= 0.6 is 11.6 Å². The average molecular weight is 280 g/mol. The summed E-state index contributed by atoms with van der Waals surface area (Å²) in [5.41, 5.74) is 3.11. The molecule has 0 bridgehead atoms. The second-order valence-electron chi connectivity index (χ2n) is 5.65. The van der Waals surface area contributed by atoms with Crippen molar-refractivity contribution in [2.75, 3.05) is 5.88 Å². The van der Waals surface area contributed by atoms with E-state index in [0.717, 1.165) is 35.5 Å². The molecule has 0 radical (unpaired) electrons. The van der Waals surface area contributed by atoms with Gasteiger partial charge in [0.1, 0.15) is 11.3 Å². The predicted molar refractivity (Wildman–Crippen MR) is 80.7 cm³/mol. The van der Waals surface area contributed by atoms with Crippen LogP contribution in [0.3, 0.4) is 0 Å². The third-order valence-corrected chi connectivity index (χ3v) is 3.92. The van der Waals surface area contributed by atoms with E-state index in [9.17, 15) is 0 Å². The molecular weight excluding hydrogens is 258 g/mol. The van der Waals surface area contributed by atoms with Gasteiger partial charge in [-0.05, 0) is 30.4 Å². The number of hydrogen-bond donors (Lipinski definition) is 0. The lowest BCUT2D eigenvalue weighted by molar-refractivity contribution is 0.364. The van der Waals surface area contributed by atoms with Crippen LogP contribution in [-0.2, 0) is 13.0 Å². The summed E-state index contributed by atoms with van der Waals surface area (Å²) in [4.78, 5) is 9.25. The molecule has 3 nitrogen and oxygen atoms in total. The molecule has 2 heterocycles. The van der Waals surface area contributed by atoms with Crippen molar-refractivity contribution >= 4 is 22.8 Å². The Bertz CT molecular complexity index is 560. The Balaban J connectivity index is 2.45. The van der Waals surface area contributed by atoms with Crippen LogP contribution in [-0.4, -0.2) is 20.4 Å². The molecule has 0 fully saturated rings. The number of nitrogens with zero attached hydrogens (tertiary/aromatic N) is 3. The molecule has 0 N–H and O–H groups in total. The molecule has 104 valence electrons. The number of halogens is 1. The highest BCUT2D eigenvalue weighted by atomic mass is 35.5. The second kappa shape index (κ2) is 5.91. The van der Waals surface area contributed by atoms with Crippen molar-refractivity contribution in [2.45, 2.75) is 40.7 Å². The minimum Gasteiger partial charge on any atom is -0.312 e. The number of alkyl halides is 1. The first kappa shape index (κ1) is 14.3. The molecule has 19 heavy (non-hydrogen) atoms. The van der Waals surface area contributed by atoms with E-state index in [-0.39, 0.29) is 0 Å². The van der Waals surface area contributed by atoms with Crippen molar-refractivity contribution in [1.82, 2.24) is 14.5 Å². The zero-order valence-corrected chi connectivity index (χ0v) is 12.9. The quantitative estimate of drug-likeness (QED) is 0.779. The van der Waals surface area contributed by atoms with Crippen LogP contribution in [0.2, 0.25) is 0 Å². The molecule has 4 heteroatoms. The molecule has 2 aromatic heterocycles. The van der Waals surface area contributed by atoms with Crippen LogP contribution in [0.5, 0.6) is 0 Å². The zero-order valence-electron chi connectivity index (χ0n) is 12.2. The molecule has 0 aliphatic heterocycles. The highest BCUT2D eigenvalue weighted by molar-refractivity contribution is 6.17. The van der Waals surface area contributed by atoms with Gasteiger partial charge in [-0.3, -0.25) is 0 Å². The molecule has 0 aliphatic rings. The van der Waals surface area contributed by atoms with Gasteiger partial charge in [-0.15, -0.1) is 11.6 Å². The Morgan fingerprint density at radius 1 is 1.32 bits per heavy atom. The summed E-state index contributed by atoms with van der Waals surface area (Å²) >= 11 is 5.89. The van der Waals surface area contributed by atoms with E-state index in [0.29, 0.717) is 17.7 Å². The monoisotopic (exact) mass is 279 g/mol. The van der Waals surface area contributed by atoms with Gasteiger partial charge >= 0.3 is 0 Å². The molecule has 0 aromatic carbocycles. The van der Waals surface area contributed by atoms with Crippen molar-refractivity contribution in [3.05, 3.63) is 23.7 Å². The van der Waals surface area contributed by atoms with Crippen LogP contribution in [0.1, 0.15) is 32.2 Å². The third-order valence-electron chi connectivity index (χ3n) is 3.73. The van der Waals surface area contributed by atoms with E-state index in [4.69, 9.17) is 16.6 Å². The van der Waals surface area contributed by atoms with Gasteiger partial charge in [0, 0.05) is 25.0 Å². The first-order chi connectivity index (χ1) is 9.02. The van der Waals surface area contributed by atoms with E-state index in [1.807, 2.05) is 13.1 Å². The lowest BCUT2D eigenvalue weighted by Crippen LogP contribution is -2.15. The van der Waals surface area contributed by atoms with Gasteiger partial charge in [-0.2, -0.15) is 0 Å². The van der Waals surface area contributed by atoms with Gasteiger partial charge < -0.3 is 4.57 Å². The van der Waals surface area contributed by atoms with Crippen molar-refractivity contribution in [3.8, 4) is 0 Å². The van der Waals surface area contributed by atoms with Crippen LogP contribution in [0.25, 0.3) is 11.2 Å². The number of rotatable bonds is 5. The number of aromatic nitrogens is 3. The fourth-order valence-electron chi connectivity index (χ4n) is 2.12. The lowest BCUT2D eigenvalue weighted by Gasteiger charge is -2.18. The topological polar surface area (TPSA) is 30.7 Å². The first-order valence-corrected chi connectivity index (χ1v) is 7.44. The summed E-state index contributed by atoms with van der Waals surface area (Å²) in [6, 6.07) is 2.09. The molecule has 2 aromatic rings. The molecule has 0 saturated heterocycles. The molecule has 0 amide bonds. The summed E-state index contributed by atoms with van der Waals surface area (Å²) in [6.07, 6.45) is 2.70. The van der Waals surface area contributed by atoms with Gasteiger partial charge in [-0.1, -0.05) is 20.8 Å². The van der Waals surface area contributed by atoms with Crippen molar-refractivity contribution in [2.24, 2.45) is 11.8 Å². The van der Waals surface area contributed by atoms with Crippen LogP contribution < -0.4 is 0 Å². The number of imidazole rings is 1. The molecule has 0 saturated carbocycles. The van der Waals surface area contributed by atoms with E-state index >= 15 is 0 Å². The zero-order chi connectivity index (χ0) is 14.0. The highest BCUT2D eigenvalue weighted by Gasteiger charge is 2.15. The van der Waals surface area contributed by atoms with Gasteiger partial charge in [0.25, 0.3) is 0 Å². The van der Waals surface area contributed by atoms with E-state index in [1.54, 1.807) is 0 Å². The van der Waals surface area contributed by atoms with Crippen LogP contribution in [0, 0.1) is 18.8 Å². The van der Waals surface area contributed by atoms with Crippen LogP contribution in [0.4, 0.5) is 0 Å². The lowest BCUT2D eigenvalue weighted by atomic mass is 9.98. The average Bonchev–Trinajstić information content (AvgIpc) is 2.67. The molecule has 0 aliphatic carbocycles. The summed E-state index contributed by atoms with van der Waals surface area (Å²) in [5, 5.41) is 0. The maximum absolute atomic E-state index is 5.89. The van der Waals surface area contributed by atoms with Gasteiger partial charge in [-0.25, -0.2) is 9.97 Å². The molecule has 1 atom stereocenters. The predicted octanol–water partition coefficient (Wildman–Crippen LogP) is 3.81. The van der Waals surface area contributed by atoms with Crippen molar-refractivity contribution < 1.29 is 0 Å². The molecular formula is C15H22ClN3. The highest BCUT2D eigenvalue weighted by Crippen LogP contribution is 2.20. The summed E-state index contributed by atoms with van der Waals surface area (Å²) in [6.45, 7) is 9.78. The molecule has 1 unspecified atom stereocenters. The Kier molecular flexibility index (Phi) is 4.46. The minimum absolute atomic E-state index is 0.592. The van der Waals surface area contributed by atoms with Crippen LogP contribution in [0.15, 0.2) is 12.3 Å². The van der Waals surface area contributed by atoms with E-state index in [1.165, 1.54) is 0 Å². The molecule has 2 rings (SSSR count). The van der Waals surface area contributed by atoms with Gasteiger partial charge in [0.2, 0.25) is 0 Å². The maximum atomic E-state index is 5.89. The Labute approximate surface area is 120 Å². The Hall–Kier alpha value is -1.09. The van der Waals surface area contributed by atoms with E-state index in [2.05, 4.69) is 36.4 Å². The summed E-state index contributed by atoms with van der Waals surface area (Å²) < 4.78 is 2.24. The SMILES string of the molecule is Cc1cnc2c(c1)nc(CCCl)n2CC(C)C(C)C. The number of pyridine rings is 1. The number of fused-ring (bicyclic) bond motifs is 1. The standard InChI is InChI=1S/C15H22ClN3/c1-10(2)12(4)9-19-14(5-6-16)18-13-7-11(3)8-17-15(13)19/h7-8,10,12H,5-6,9H2,1-4H3. The summed E-state index contributed by atoms with van der Waals surface area (Å²) in [5.74, 6) is 2.88. The van der Waals surface area contributed by atoms with Crippen molar-refractivity contribution in [1.29, 1.82) is 0 Å². The van der Waals surface area contributed by atoms with Gasteiger partial charge in [0.05, 0.1) is 0 Å². The summed E-state index contributed by atoms with van der Waals surface area (Å²) in [7, 11) is 0. The maximum Gasteiger partial charge on any atom is 0.160 e. The largest absolute Gasteiger partial charge is 0.312 e. The fourth-order valence-corrected chi connectivity index (χ4v) is 2.29. The second-order valence-corrected chi connectivity index (χ2v) is 6.03. The van der Waals surface area contributed by atoms with E-state index < -0.39 is 0 Å². The minimum atomic E-state index is 0.592. The van der Waals surface area contributed by atoms with Crippen molar-refractivity contribution in [3.63, 3.8) is 0 Å². The van der Waals surface area contributed by atoms with Gasteiger partial charge in [0.15, 0.2) is 5.65 Å². The Morgan fingerprint density at radius 3 is 2.68 bits per heavy atom. The molecule has 0 spiro atoms. The smallest absolute Gasteiger partial charge is 0.160 e. The fraction of sp³-hybridized carbons (Fsp3) is 0.600. The normalized spacial score (nSPS) is 13.4. The Morgan fingerprint density at radius 2 is 2.05 bits per heavy atom. The number of hydrogen-bond acceptors (Lipinski definition) is 2.